The van der Waals surface area contributed by atoms with Gasteiger partial charge in [-0.2, -0.15) is 0 Å². The lowest BCUT2D eigenvalue weighted by atomic mass is 10.0. The highest BCUT2D eigenvalue weighted by Gasteiger charge is 2.19. The van der Waals surface area contributed by atoms with Crippen LogP contribution in [-0.2, 0) is 0 Å². The molecule has 3 aromatic rings. The number of hydrogen-bond acceptors (Lipinski definition) is 7. The van der Waals surface area contributed by atoms with Crippen LogP contribution in [0.15, 0.2) is 71.6 Å². The first kappa shape index (κ1) is 36.6. The molecule has 0 aliphatic heterocycles. The molecule has 11 heteroatoms. The zero-order valence-corrected chi connectivity index (χ0v) is 29.0. The first-order chi connectivity index (χ1) is 21.7. The molecule has 242 valence electrons. The first-order valence-corrected chi connectivity index (χ1v) is 17.0. The molecule has 0 unspecified atom stereocenters. The van der Waals surface area contributed by atoms with Crippen LogP contribution in [-0.4, -0.2) is 68.3 Å². The van der Waals surface area contributed by atoms with Gasteiger partial charge in [0.25, 0.3) is 5.91 Å². The van der Waals surface area contributed by atoms with Gasteiger partial charge in [-0.3, -0.25) is 9.59 Å². The van der Waals surface area contributed by atoms with E-state index in [1.165, 1.54) is 0 Å². The summed E-state index contributed by atoms with van der Waals surface area (Å²) in [4.78, 5) is 29.1. The Morgan fingerprint density at radius 1 is 0.867 bits per heavy atom. The van der Waals surface area contributed by atoms with Crippen LogP contribution in [0.1, 0.15) is 47.9 Å². The fourth-order valence-electron chi connectivity index (χ4n) is 4.29. The van der Waals surface area contributed by atoms with Gasteiger partial charge in [-0.05, 0) is 55.4 Å². The van der Waals surface area contributed by atoms with Crippen LogP contribution in [0.4, 0.5) is 5.69 Å². The second-order valence-electron chi connectivity index (χ2n) is 9.92. The monoisotopic (exact) mass is 691 g/mol. The van der Waals surface area contributed by atoms with Gasteiger partial charge >= 0.3 is 0 Å². The SMILES string of the molecule is C=C(CC)C(=O)c1ccc(OCCNc2cc(OCCSc3ccccc3)c(C(=O)NCCN(CC)CC)cc2Cl)c(Cl)c1Cl. The highest BCUT2D eigenvalue weighted by Crippen LogP contribution is 2.36. The van der Waals surface area contributed by atoms with Crippen LogP contribution in [0.5, 0.6) is 11.5 Å². The minimum absolute atomic E-state index is 0.128. The number of likely N-dealkylation sites (N-methyl/N-ethyl adjacent to an activating group) is 1. The molecule has 0 aliphatic rings. The Balaban J connectivity index is 1.67. The van der Waals surface area contributed by atoms with E-state index in [0.29, 0.717) is 65.2 Å². The molecule has 45 heavy (non-hydrogen) atoms. The van der Waals surface area contributed by atoms with Crippen molar-refractivity contribution in [3.63, 3.8) is 0 Å². The molecule has 0 bridgehead atoms. The summed E-state index contributed by atoms with van der Waals surface area (Å²) in [5.41, 5.74) is 1.70. The van der Waals surface area contributed by atoms with Crippen molar-refractivity contribution in [2.45, 2.75) is 32.1 Å². The number of ketones is 1. The van der Waals surface area contributed by atoms with Gasteiger partial charge in [0.2, 0.25) is 0 Å². The summed E-state index contributed by atoms with van der Waals surface area (Å²) in [5, 5.41) is 6.89. The van der Waals surface area contributed by atoms with Gasteiger partial charge in [0.15, 0.2) is 5.78 Å². The third-order valence-electron chi connectivity index (χ3n) is 6.99. The maximum Gasteiger partial charge on any atom is 0.255 e. The van der Waals surface area contributed by atoms with E-state index in [0.717, 1.165) is 24.5 Å². The Kier molecular flexibility index (Phi) is 15.4. The lowest BCUT2D eigenvalue weighted by Gasteiger charge is -2.19. The van der Waals surface area contributed by atoms with Crippen LogP contribution >= 0.6 is 46.6 Å². The quantitative estimate of drug-likeness (QED) is 0.0564. The van der Waals surface area contributed by atoms with Crippen molar-refractivity contribution >= 4 is 63.9 Å². The minimum Gasteiger partial charge on any atom is -0.492 e. The van der Waals surface area contributed by atoms with E-state index in [9.17, 15) is 9.59 Å². The van der Waals surface area contributed by atoms with Crippen LogP contribution in [0.3, 0.4) is 0 Å². The summed E-state index contributed by atoms with van der Waals surface area (Å²) in [7, 11) is 0. The van der Waals surface area contributed by atoms with Crippen LogP contribution in [0.2, 0.25) is 15.1 Å². The Bertz CT molecular complexity index is 1450. The Hall–Kier alpha value is -2.88. The molecule has 0 aromatic heterocycles. The second kappa shape index (κ2) is 18.9. The molecule has 0 radical (unpaired) electrons. The summed E-state index contributed by atoms with van der Waals surface area (Å²) in [5.74, 6) is 0.989. The molecule has 3 rings (SSSR count). The maximum atomic E-state index is 13.2. The van der Waals surface area contributed by atoms with Gasteiger partial charge in [-0.25, -0.2) is 0 Å². The summed E-state index contributed by atoms with van der Waals surface area (Å²) in [6, 6.07) is 16.6. The van der Waals surface area contributed by atoms with E-state index in [-0.39, 0.29) is 33.9 Å². The number of allylic oxidation sites excluding steroid dienone is 1. The molecule has 7 nitrogen and oxygen atoms in total. The van der Waals surface area contributed by atoms with E-state index in [2.05, 4.69) is 36.0 Å². The number of amides is 1. The number of carbonyl (C=O) groups excluding carboxylic acids is 2. The number of hydrogen-bond donors (Lipinski definition) is 2. The fraction of sp³-hybridized carbons (Fsp3) is 0.353. The highest BCUT2D eigenvalue weighted by molar-refractivity contribution is 7.99. The summed E-state index contributed by atoms with van der Waals surface area (Å²) in [6.45, 7) is 13.9. The second-order valence-corrected chi connectivity index (χ2v) is 12.3. The summed E-state index contributed by atoms with van der Waals surface area (Å²) in [6.07, 6.45) is 0.515. The zero-order valence-electron chi connectivity index (χ0n) is 25.9. The van der Waals surface area contributed by atoms with Crippen LogP contribution < -0.4 is 20.1 Å². The molecule has 1 amide bonds. The largest absolute Gasteiger partial charge is 0.492 e. The van der Waals surface area contributed by atoms with Gasteiger partial charge in [0, 0.05) is 41.9 Å². The number of anilines is 1. The average molecular weight is 693 g/mol. The molecular weight excluding hydrogens is 653 g/mol. The lowest BCUT2D eigenvalue weighted by Crippen LogP contribution is -2.35. The van der Waals surface area contributed by atoms with E-state index in [1.54, 1.807) is 36.0 Å². The normalized spacial score (nSPS) is 10.9. The minimum atomic E-state index is -0.249. The van der Waals surface area contributed by atoms with Crippen molar-refractivity contribution in [3.05, 3.63) is 92.9 Å². The number of halogens is 3. The Morgan fingerprint density at radius 3 is 2.27 bits per heavy atom. The molecule has 2 N–H and O–H groups in total. The number of carbonyl (C=O) groups is 2. The van der Waals surface area contributed by atoms with Crippen molar-refractivity contribution in [2.75, 3.05) is 57.0 Å². The maximum absolute atomic E-state index is 13.2. The standard InChI is InChI=1S/C34H40Cl3N3O4S/c1-5-23(4)33(41)25-13-14-29(32(37)31(25)36)43-18-16-38-28-22-30(44-19-20-45-24-11-9-8-10-12-24)26(21-27(28)35)34(42)39-15-17-40(6-2)7-3/h8-14,21-22,38H,4-7,15-20H2,1-3H3,(H,39,42). The third-order valence-corrected chi connectivity index (χ3v) is 9.14. The number of ether oxygens (including phenoxy) is 2. The number of benzene rings is 3. The van der Waals surface area contributed by atoms with E-state index < -0.39 is 0 Å². The Morgan fingerprint density at radius 2 is 1.58 bits per heavy atom. The summed E-state index contributed by atoms with van der Waals surface area (Å²) < 4.78 is 12.0. The highest BCUT2D eigenvalue weighted by atomic mass is 35.5. The van der Waals surface area contributed by atoms with Gasteiger partial charge in [0.1, 0.15) is 23.1 Å². The zero-order chi connectivity index (χ0) is 32.8. The van der Waals surface area contributed by atoms with Crippen LogP contribution in [0.25, 0.3) is 0 Å². The smallest absolute Gasteiger partial charge is 0.255 e. The van der Waals surface area contributed by atoms with E-state index >= 15 is 0 Å². The third kappa shape index (κ3) is 10.9. The van der Waals surface area contributed by atoms with E-state index in [4.69, 9.17) is 44.3 Å². The first-order valence-electron chi connectivity index (χ1n) is 14.9. The molecule has 0 saturated heterocycles. The molecule has 0 aliphatic carbocycles. The molecule has 0 heterocycles. The van der Waals surface area contributed by atoms with Gasteiger partial charge < -0.3 is 25.0 Å². The van der Waals surface area contributed by atoms with Crippen molar-refractivity contribution in [1.82, 2.24) is 10.2 Å². The van der Waals surface area contributed by atoms with Gasteiger partial charge in [-0.15, -0.1) is 11.8 Å². The lowest BCUT2D eigenvalue weighted by molar-refractivity contribution is 0.0944. The molecule has 3 aromatic carbocycles. The predicted octanol–water partition coefficient (Wildman–Crippen LogP) is 8.53. The predicted molar refractivity (Wildman–Crippen MR) is 188 cm³/mol. The Labute approximate surface area is 285 Å². The molecule has 0 saturated carbocycles. The van der Waals surface area contributed by atoms with E-state index in [1.807, 2.05) is 37.3 Å². The van der Waals surface area contributed by atoms with Crippen molar-refractivity contribution in [2.24, 2.45) is 0 Å². The van der Waals surface area contributed by atoms with Gasteiger partial charge in [-0.1, -0.05) is 80.4 Å². The number of nitrogens with one attached hydrogen (secondary N) is 2. The number of rotatable bonds is 19. The molecule has 0 atom stereocenters. The van der Waals surface area contributed by atoms with Crippen molar-refractivity contribution in [1.29, 1.82) is 0 Å². The number of thioether (sulfide) groups is 1. The summed E-state index contributed by atoms with van der Waals surface area (Å²) >= 11 is 21.1. The topological polar surface area (TPSA) is 79.9 Å². The molecule has 0 fully saturated rings. The number of Topliss-reactive ketones (excluding diaryl/α,β-unsaturated/α-hetero) is 1. The van der Waals surface area contributed by atoms with Crippen LogP contribution in [0, 0.1) is 0 Å². The molecule has 0 spiro atoms. The molecular formula is C34H40Cl3N3O4S. The number of nitrogens with zero attached hydrogens (tertiary/aromatic N) is 1. The van der Waals surface area contributed by atoms with Crippen molar-refractivity contribution in [3.8, 4) is 11.5 Å². The average Bonchev–Trinajstić information content (AvgIpc) is 3.05. The van der Waals surface area contributed by atoms with Crippen molar-refractivity contribution < 1.29 is 19.1 Å². The fourth-order valence-corrected chi connectivity index (χ4v) is 5.74. The van der Waals surface area contributed by atoms with Gasteiger partial charge in [0.05, 0.1) is 27.9 Å².